The van der Waals surface area contributed by atoms with E-state index in [0.29, 0.717) is 21.4 Å². The molecule has 1 aromatic heterocycles. The number of nitrogens with one attached hydrogen (secondary N) is 2. The van der Waals surface area contributed by atoms with Crippen LogP contribution in [0.25, 0.3) is 5.69 Å². The Labute approximate surface area is 166 Å². The van der Waals surface area contributed by atoms with Gasteiger partial charge in [0, 0.05) is 12.1 Å². The summed E-state index contributed by atoms with van der Waals surface area (Å²) in [5, 5.41) is 7.19. The molecular weight excluding hydrogens is 391 g/mol. The predicted octanol–water partition coefficient (Wildman–Crippen LogP) is 4.60. The fourth-order valence-corrected chi connectivity index (χ4v) is 3.12. The van der Waals surface area contributed by atoms with E-state index in [0.717, 1.165) is 11.4 Å². The molecule has 0 fully saturated rings. The van der Waals surface area contributed by atoms with Gasteiger partial charge in [-0.2, -0.15) is 0 Å². The first-order valence-electron chi connectivity index (χ1n) is 7.75. The van der Waals surface area contributed by atoms with Crippen molar-refractivity contribution < 1.29 is 0 Å². The summed E-state index contributed by atoms with van der Waals surface area (Å²) in [6.07, 6.45) is 0. The Kier molecular flexibility index (Phi) is 5.36. The number of hydrogen-bond acceptors (Lipinski definition) is 2. The van der Waals surface area contributed by atoms with Crippen LogP contribution < -0.4 is 16.2 Å². The second kappa shape index (κ2) is 7.53. The van der Waals surface area contributed by atoms with Crippen molar-refractivity contribution in [3.05, 3.63) is 74.6 Å². The van der Waals surface area contributed by atoms with Crippen molar-refractivity contribution in [2.24, 2.45) is 7.05 Å². The molecule has 3 rings (SSSR count). The molecule has 0 aliphatic heterocycles. The van der Waals surface area contributed by atoms with Crippen LogP contribution >= 0.6 is 35.4 Å². The molecule has 5 nitrogen and oxygen atoms in total. The van der Waals surface area contributed by atoms with Gasteiger partial charge in [0.25, 0.3) is 5.56 Å². The zero-order valence-electron chi connectivity index (χ0n) is 14.1. The summed E-state index contributed by atoms with van der Waals surface area (Å²) in [6, 6.07) is 14.4. The molecule has 0 radical (unpaired) electrons. The van der Waals surface area contributed by atoms with E-state index in [2.05, 4.69) is 10.6 Å². The number of rotatable bonds is 3. The number of halogens is 2. The Morgan fingerprint density at radius 3 is 2.46 bits per heavy atom. The van der Waals surface area contributed by atoms with Crippen molar-refractivity contribution in [2.45, 2.75) is 6.92 Å². The van der Waals surface area contributed by atoms with E-state index < -0.39 is 0 Å². The monoisotopic (exact) mass is 406 g/mol. The second-order valence-corrected chi connectivity index (χ2v) is 6.89. The Hall–Kier alpha value is -2.28. The molecule has 3 aromatic rings. The van der Waals surface area contributed by atoms with Crippen LogP contribution in [0.3, 0.4) is 0 Å². The van der Waals surface area contributed by atoms with Gasteiger partial charge in [0.2, 0.25) is 0 Å². The second-order valence-electron chi connectivity index (χ2n) is 5.64. The molecule has 0 aliphatic rings. The van der Waals surface area contributed by atoms with Crippen molar-refractivity contribution >= 4 is 51.9 Å². The summed E-state index contributed by atoms with van der Waals surface area (Å²) in [6.45, 7) is 1.85. The van der Waals surface area contributed by atoms with Crippen LogP contribution in [-0.4, -0.2) is 14.5 Å². The summed E-state index contributed by atoms with van der Waals surface area (Å²) in [5.74, 6) is 0. The topological polar surface area (TPSA) is 51.0 Å². The summed E-state index contributed by atoms with van der Waals surface area (Å²) < 4.78 is 3.35. The van der Waals surface area contributed by atoms with Crippen molar-refractivity contribution in [3.8, 4) is 5.69 Å². The van der Waals surface area contributed by atoms with Gasteiger partial charge in [-0.25, -0.2) is 4.68 Å². The number of anilines is 2. The van der Waals surface area contributed by atoms with Gasteiger partial charge in [0.05, 0.1) is 22.1 Å². The first-order valence-corrected chi connectivity index (χ1v) is 8.92. The maximum Gasteiger partial charge on any atom is 0.295 e. The maximum absolute atomic E-state index is 12.9. The summed E-state index contributed by atoms with van der Waals surface area (Å²) in [7, 11) is 1.82. The van der Waals surface area contributed by atoms with Crippen molar-refractivity contribution in [1.29, 1.82) is 0 Å². The van der Waals surface area contributed by atoms with E-state index in [-0.39, 0.29) is 10.7 Å². The number of nitrogens with zero attached hydrogens (tertiary/aromatic N) is 2. The molecule has 134 valence electrons. The van der Waals surface area contributed by atoms with Gasteiger partial charge in [-0.15, -0.1) is 0 Å². The number of hydrogen-bond donors (Lipinski definition) is 2. The Morgan fingerprint density at radius 1 is 1.08 bits per heavy atom. The molecule has 0 saturated heterocycles. The molecule has 0 spiro atoms. The standard InChI is InChI=1S/C18H16Cl2N4OS/c1-11-16(17(25)24(23(11)2)13-6-4-3-5-7-13)22-18(26)21-15-10-12(19)8-9-14(15)20/h3-10H,1-2H3,(H2,21,22,26). The van der Waals surface area contributed by atoms with Crippen LogP contribution in [0.4, 0.5) is 11.4 Å². The van der Waals surface area contributed by atoms with Gasteiger partial charge < -0.3 is 10.6 Å². The van der Waals surface area contributed by atoms with Gasteiger partial charge in [0.1, 0.15) is 5.69 Å². The van der Waals surface area contributed by atoms with Gasteiger partial charge >= 0.3 is 0 Å². The number of thiocarbonyl (C=S) groups is 1. The molecule has 0 atom stereocenters. The van der Waals surface area contributed by atoms with Crippen LogP contribution in [0.5, 0.6) is 0 Å². The average molecular weight is 407 g/mol. The molecular formula is C18H16Cl2N4OS. The van der Waals surface area contributed by atoms with Crippen molar-refractivity contribution in [3.63, 3.8) is 0 Å². The fraction of sp³-hybridized carbons (Fsp3) is 0.111. The lowest BCUT2D eigenvalue weighted by molar-refractivity contribution is 0.630. The Bertz CT molecular complexity index is 1030. The van der Waals surface area contributed by atoms with Crippen LogP contribution in [0, 0.1) is 6.92 Å². The highest BCUT2D eigenvalue weighted by Crippen LogP contribution is 2.25. The van der Waals surface area contributed by atoms with E-state index in [1.54, 1.807) is 27.6 Å². The molecule has 2 aromatic carbocycles. The normalized spacial score (nSPS) is 10.6. The van der Waals surface area contributed by atoms with Gasteiger partial charge in [-0.05, 0) is 49.5 Å². The minimum atomic E-state index is -0.197. The lowest BCUT2D eigenvalue weighted by Crippen LogP contribution is -2.25. The van der Waals surface area contributed by atoms with E-state index in [9.17, 15) is 4.79 Å². The quantitative estimate of drug-likeness (QED) is 0.623. The largest absolute Gasteiger partial charge is 0.331 e. The number of benzene rings is 2. The summed E-state index contributed by atoms with van der Waals surface area (Å²) in [4.78, 5) is 12.9. The smallest absolute Gasteiger partial charge is 0.295 e. The lowest BCUT2D eigenvalue weighted by Gasteiger charge is -2.11. The minimum Gasteiger partial charge on any atom is -0.331 e. The van der Waals surface area contributed by atoms with E-state index >= 15 is 0 Å². The van der Waals surface area contributed by atoms with E-state index in [1.165, 1.54) is 0 Å². The van der Waals surface area contributed by atoms with E-state index in [1.807, 2.05) is 44.3 Å². The highest BCUT2D eigenvalue weighted by atomic mass is 35.5. The third-order valence-electron chi connectivity index (χ3n) is 3.97. The number of para-hydroxylation sites is 1. The van der Waals surface area contributed by atoms with Crippen LogP contribution in [0.1, 0.15) is 5.69 Å². The highest BCUT2D eigenvalue weighted by molar-refractivity contribution is 7.80. The molecule has 1 heterocycles. The first kappa shape index (κ1) is 18.5. The zero-order valence-corrected chi connectivity index (χ0v) is 16.4. The van der Waals surface area contributed by atoms with Gasteiger partial charge in [0.15, 0.2) is 5.11 Å². The third kappa shape index (κ3) is 3.62. The van der Waals surface area contributed by atoms with Crippen molar-refractivity contribution in [1.82, 2.24) is 9.36 Å². The third-order valence-corrected chi connectivity index (χ3v) is 4.74. The maximum atomic E-state index is 12.9. The van der Waals surface area contributed by atoms with Crippen LogP contribution in [-0.2, 0) is 7.05 Å². The van der Waals surface area contributed by atoms with Crippen molar-refractivity contribution in [2.75, 3.05) is 10.6 Å². The molecule has 0 bridgehead atoms. The zero-order chi connectivity index (χ0) is 18.8. The van der Waals surface area contributed by atoms with Gasteiger partial charge in [-0.3, -0.25) is 9.48 Å². The van der Waals surface area contributed by atoms with Crippen LogP contribution in [0.15, 0.2) is 53.3 Å². The average Bonchev–Trinajstić information content (AvgIpc) is 2.82. The molecule has 26 heavy (non-hydrogen) atoms. The summed E-state index contributed by atoms with van der Waals surface area (Å²) >= 11 is 17.4. The molecule has 2 N–H and O–H groups in total. The Balaban J connectivity index is 1.90. The molecule has 0 aliphatic carbocycles. The summed E-state index contributed by atoms with van der Waals surface area (Å²) in [5.41, 5.74) is 2.28. The highest BCUT2D eigenvalue weighted by Gasteiger charge is 2.17. The lowest BCUT2D eigenvalue weighted by atomic mass is 10.3. The minimum absolute atomic E-state index is 0.197. The van der Waals surface area contributed by atoms with Crippen LogP contribution in [0.2, 0.25) is 10.0 Å². The number of aromatic nitrogens is 2. The predicted molar refractivity (Wildman–Crippen MR) is 112 cm³/mol. The first-order chi connectivity index (χ1) is 12.4. The van der Waals surface area contributed by atoms with Gasteiger partial charge in [-0.1, -0.05) is 41.4 Å². The van der Waals surface area contributed by atoms with E-state index in [4.69, 9.17) is 35.4 Å². The molecule has 0 unspecified atom stereocenters. The molecule has 8 heteroatoms. The molecule has 0 saturated carbocycles. The molecule has 0 amide bonds. The Morgan fingerprint density at radius 2 is 1.77 bits per heavy atom. The fourth-order valence-electron chi connectivity index (χ4n) is 2.57. The SMILES string of the molecule is Cc1c(NC(=S)Nc2cc(Cl)ccc2Cl)c(=O)n(-c2ccccc2)n1C.